The predicted molar refractivity (Wildman–Crippen MR) is 115 cm³/mol. The van der Waals surface area contributed by atoms with Crippen molar-refractivity contribution in [1.29, 1.82) is 0 Å². The molecule has 0 aliphatic rings. The average Bonchev–Trinajstić information content (AvgIpc) is 2.75. The van der Waals surface area contributed by atoms with E-state index in [1.807, 2.05) is 30.3 Å². The van der Waals surface area contributed by atoms with Crippen LogP contribution in [0.1, 0.15) is 36.7 Å². The standard InChI is InChI=1S/C22H28N2O5S/c1-4-24(5-2)30(27,28)19-14-12-18(13-15-19)21(25)23-20(22(26)29-6-3)16-17-10-8-7-9-11-17/h7-15,20H,4-6,16H2,1-3H3,(H,23,25). The lowest BCUT2D eigenvalue weighted by atomic mass is 10.1. The van der Waals surface area contributed by atoms with Crippen LogP contribution in [0.3, 0.4) is 0 Å². The molecule has 0 fully saturated rings. The number of carbonyl (C=O) groups excluding carboxylic acids is 2. The first-order chi connectivity index (χ1) is 14.3. The van der Waals surface area contributed by atoms with E-state index in [-0.39, 0.29) is 17.1 Å². The summed E-state index contributed by atoms with van der Waals surface area (Å²) in [6.45, 7) is 6.17. The van der Waals surface area contributed by atoms with Gasteiger partial charge >= 0.3 is 5.97 Å². The van der Waals surface area contributed by atoms with Gasteiger partial charge in [0, 0.05) is 25.1 Å². The first kappa shape index (κ1) is 23.6. The Hall–Kier alpha value is -2.71. The Morgan fingerprint density at radius 3 is 2.10 bits per heavy atom. The highest BCUT2D eigenvalue weighted by Crippen LogP contribution is 2.16. The average molecular weight is 433 g/mol. The molecule has 0 saturated carbocycles. The molecular formula is C22H28N2O5S. The molecule has 0 saturated heterocycles. The maximum atomic E-state index is 12.7. The molecule has 1 unspecified atom stereocenters. The molecular weight excluding hydrogens is 404 g/mol. The van der Waals surface area contributed by atoms with Gasteiger partial charge < -0.3 is 10.1 Å². The monoisotopic (exact) mass is 432 g/mol. The molecule has 0 heterocycles. The molecule has 0 aromatic heterocycles. The minimum absolute atomic E-state index is 0.119. The van der Waals surface area contributed by atoms with Crippen LogP contribution in [0.2, 0.25) is 0 Å². The number of esters is 1. The second kappa shape index (κ2) is 10.9. The van der Waals surface area contributed by atoms with Gasteiger partial charge in [0.25, 0.3) is 5.91 Å². The van der Waals surface area contributed by atoms with Crippen LogP contribution in [0.4, 0.5) is 0 Å². The minimum atomic E-state index is -3.60. The van der Waals surface area contributed by atoms with Crippen LogP contribution in [0.5, 0.6) is 0 Å². The van der Waals surface area contributed by atoms with E-state index in [1.165, 1.54) is 28.6 Å². The highest BCUT2D eigenvalue weighted by Gasteiger charge is 2.24. The third kappa shape index (κ3) is 5.90. The van der Waals surface area contributed by atoms with Crippen LogP contribution >= 0.6 is 0 Å². The predicted octanol–water partition coefficient (Wildman–Crippen LogP) is 2.62. The van der Waals surface area contributed by atoms with Gasteiger partial charge in [-0.05, 0) is 36.8 Å². The summed E-state index contributed by atoms with van der Waals surface area (Å²) in [5, 5.41) is 2.70. The first-order valence-corrected chi connectivity index (χ1v) is 11.4. The van der Waals surface area contributed by atoms with Crippen molar-refractivity contribution in [3.05, 3.63) is 65.7 Å². The number of amides is 1. The Labute approximate surface area is 178 Å². The van der Waals surface area contributed by atoms with Gasteiger partial charge in [-0.3, -0.25) is 4.79 Å². The SMILES string of the molecule is CCOC(=O)C(Cc1ccccc1)NC(=O)c1ccc(S(=O)(=O)N(CC)CC)cc1. The smallest absolute Gasteiger partial charge is 0.328 e. The summed E-state index contributed by atoms with van der Waals surface area (Å²) in [7, 11) is -3.60. The second-order valence-electron chi connectivity index (χ2n) is 6.58. The van der Waals surface area contributed by atoms with E-state index in [0.29, 0.717) is 19.5 Å². The zero-order valence-electron chi connectivity index (χ0n) is 17.5. The number of benzene rings is 2. The van der Waals surface area contributed by atoms with Crippen LogP contribution in [0.15, 0.2) is 59.5 Å². The highest BCUT2D eigenvalue weighted by molar-refractivity contribution is 7.89. The molecule has 0 spiro atoms. The van der Waals surface area contributed by atoms with Crippen LogP contribution < -0.4 is 5.32 Å². The van der Waals surface area contributed by atoms with E-state index in [0.717, 1.165) is 5.56 Å². The summed E-state index contributed by atoms with van der Waals surface area (Å²) in [4.78, 5) is 25.1. The largest absolute Gasteiger partial charge is 0.464 e. The van der Waals surface area contributed by atoms with Gasteiger partial charge in [0.15, 0.2) is 0 Å². The number of hydrogen-bond acceptors (Lipinski definition) is 5. The lowest BCUT2D eigenvalue weighted by Crippen LogP contribution is -2.43. The Kier molecular flexibility index (Phi) is 8.56. The summed E-state index contributed by atoms with van der Waals surface area (Å²) < 4.78 is 31.6. The summed E-state index contributed by atoms with van der Waals surface area (Å²) in [6, 6.07) is 14.2. The summed E-state index contributed by atoms with van der Waals surface area (Å²) >= 11 is 0. The van der Waals surface area contributed by atoms with Gasteiger partial charge in [-0.15, -0.1) is 0 Å². The van der Waals surface area contributed by atoms with Gasteiger partial charge in [0.2, 0.25) is 10.0 Å². The van der Waals surface area contributed by atoms with Crippen molar-refractivity contribution in [2.45, 2.75) is 38.1 Å². The van der Waals surface area contributed by atoms with Gasteiger partial charge in [0.1, 0.15) is 6.04 Å². The van der Waals surface area contributed by atoms with Gasteiger partial charge in [0.05, 0.1) is 11.5 Å². The molecule has 1 amide bonds. The normalized spacial score (nSPS) is 12.4. The number of sulfonamides is 1. The highest BCUT2D eigenvalue weighted by atomic mass is 32.2. The van der Waals surface area contributed by atoms with Crippen molar-refractivity contribution in [1.82, 2.24) is 9.62 Å². The Morgan fingerprint density at radius 2 is 1.57 bits per heavy atom. The number of nitrogens with one attached hydrogen (secondary N) is 1. The van der Waals surface area contributed by atoms with Crippen LogP contribution in [-0.4, -0.2) is 50.3 Å². The zero-order valence-corrected chi connectivity index (χ0v) is 18.3. The van der Waals surface area contributed by atoms with Gasteiger partial charge in [-0.1, -0.05) is 44.2 Å². The summed E-state index contributed by atoms with van der Waals surface area (Å²) in [5.41, 5.74) is 1.15. The molecule has 30 heavy (non-hydrogen) atoms. The van der Waals surface area contributed by atoms with Crippen molar-refractivity contribution < 1.29 is 22.7 Å². The molecule has 0 aliphatic carbocycles. The fourth-order valence-electron chi connectivity index (χ4n) is 3.02. The zero-order chi connectivity index (χ0) is 22.1. The van der Waals surface area contributed by atoms with Crippen molar-refractivity contribution in [3.8, 4) is 0 Å². The summed E-state index contributed by atoms with van der Waals surface area (Å²) in [5.74, 6) is -0.994. The van der Waals surface area contributed by atoms with E-state index < -0.39 is 27.9 Å². The Bertz CT molecular complexity index is 939. The van der Waals surface area contributed by atoms with Crippen LogP contribution in [0, 0.1) is 0 Å². The molecule has 1 N–H and O–H groups in total. The number of rotatable bonds is 10. The molecule has 0 radical (unpaired) electrons. The summed E-state index contributed by atoms with van der Waals surface area (Å²) in [6.07, 6.45) is 0.292. The van der Waals surface area contributed by atoms with Crippen LogP contribution in [0.25, 0.3) is 0 Å². The minimum Gasteiger partial charge on any atom is -0.464 e. The fourth-order valence-corrected chi connectivity index (χ4v) is 4.48. The van der Waals surface area contributed by atoms with Gasteiger partial charge in [-0.2, -0.15) is 4.31 Å². The Balaban J connectivity index is 2.18. The molecule has 2 rings (SSSR count). The lowest BCUT2D eigenvalue weighted by Gasteiger charge is -2.19. The maximum absolute atomic E-state index is 12.7. The maximum Gasteiger partial charge on any atom is 0.328 e. The molecule has 162 valence electrons. The number of ether oxygens (including phenoxy) is 1. The van der Waals surface area contributed by atoms with Gasteiger partial charge in [-0.25, -0.2) is 13.2 Å². The first-order valence-electron chi connectivity index (χ1n) is 9.95. The van der Waals surface area contributed by atoms with E-state index in [2.05, 4.69) is 5.32 Å². The fraction of sp³-hybridized carbons (Fsp3) is 0.364. The Morgan fingerprint density at radius 1 is 0.967 bits per heavy atom. The van der Waals surface area contributed by atoms with E-state index >= 15 is 0 Å². The van der Waals surface area contributed by atoms with Crippen molar-refractivity contribution in [3.63, 3.8) is 0 Å². The van der Waals surface area contributed by atoms with Crippen molar-refractivity contribution >= 4 is 21.9 Å². The van der Waals surface area contributed by atoms with Crippen molar-refractivity contribution in [2.75, 3.05) is 19.7 Å². The molecule has 2 aromatic carbocycles. The molecule has 8 heteroatoms. The molecule has 0 aliphatic heterocycles. The second-order valence-corrected chi connectivity index (χ2v) is 8.52. The number of carbonyl (C=O) groups is 2. The third-order valence-corrected chi connectivity index (χ3v) is 6.68. The molecule has 1 atom stereocenters. The van der Waals surface area contributed by atoms with Crippen LogP contribution in [-0.2, 0) is 26.0 Å². The molecule has 7 nitrogen and oxygen atoms in total. The number of hydrogen-bond donors (Lipinski definition) is 1. The topological polar surface area (TPSA) is 92.8 Å². The lowest BCUT2D eigenvalue weighted by molar-refractivity contribution is -0.145. The molecule has 2 aromatic rings. The molecule has 0 bridgehead atoms. The third-order valence-electron chi connectivity index (χ3n) is 4.62. The van der Waals surface area contributed by atoms with E-state index in [4.69, 9.17) is 4.74 Å². The number of nitrogens with zero attached hydrogens (tertiary/aromatic N) is 1. The van der Waals surface area contributed by atoms with E-state index in [9.17, 15) is 18.0 Å². The van der Waals surface area contributed by atoms with E-state index in [1.54, 1.807) is 20.8 Å². The quantitative estimate of drug-likeness (QED) is 0.583. The van der Waals surface area contributed by atoms with Crippen molar-refractivity contribution in [2.24, 2.45) is 0 Å².